The fourth-order valence-electron chi connectivity index (χ4n) is 2.38. The van der Waals surface area contributed by atoms with Gasteiger partial charge < -0.3 is 14.6 Å². The van der Waals surface area contributed by atoms with Crippen LogP contribution in [0.1, 0.15) is 11.4 Å². The molecule has 0 spiro atoms. The molecule has 146 valence electrons. The van der Waals surface area contributed by atoms with Crippen molar-refractivity contribution in [2.75, 3.05) is 11.1 Å². The molecule has 0 aliphatic carbocycles. The molecule has 3 rings (SSSR count). The maximum atomic E-state index is 12.2. The van der Waals surface area contributed by atoms with Gasteiger partial charge in [0.25, 0.3) is 0 Å². The van der Waals surface area contributed by atoms with Gasteiger partial charge >= 0.3 is 0 Å². The van der Waals surface area contributed by atoms with Crippen molar-refractivity contribution in [2.45, 2.75) is 18.7 Å². The number of rotatable bonds is 7. The van der Waals surface area contributed by atoms with Gasteiger partial charge in [0.2, 0.25) is 5.91 Å². The van der Waals surface area contributed by atoms with E-state index in [9.17, 15) is 4.79 Å². The number of benzene rings is 2. The largest absolute Gasteiger partial charge is 0.484 e. The zero-order chi connectivity index (χ0) is 20.1. The maximum absolute atomic E-state index is 12.2. The molecule has 28 heavy (non-hydrogen) atoms. The summed E-state index contributed by atoms with van der Waals surface area (Å²) in [7, 11) is 1.82. The van der Waals surface area contributed by atoms with E-state index in [2.05, 4.69) is 15.5 Å². The van der Waals surface area contributed by atoms with E-state index in [4.69, 9.17) is 27.9 Å². The van der Waals surface area contributed by atoms with Crippen molar-refractivity contribution in [1.82, 2.24) is 14.8 Å². The number of anilines is 1. The molecule has 1 heterocycles. The van der Waals surface area contributed by atoms with Gasteiger partial charge in [0.05, 0.1) is 10.8 Å². The predicted molar refractivity (Wildman–Crippen MR) is 112 cm³/mol. The van der Waals surface area contributed by atoms with E-state index in [0.717, 1.165) is 11.3 Å². The third-order valence-corrected chi connectivity index (χ3v) is 5.36. The summed E-state index contributed by atoms with van der Waals surface area (Å²) in [6, 6.07) is 12.7. The molecule has 9 heteroatoms. The average molecular weight is 437 g/mol. The predicted octanol–water partition coefficient (Wildman–Crippen LogP) is 4.74. The number of halogens is 2. The molecular formula is C19H18Cl2N4O2S. The second-order valence-electron chi connectivity index (χ2n) is 6.03. The van der Waals surface area contributed by atoms with E-state index in [1.807, 2.05) is 38.2 Å². The lowest BCUT2D eigenvalue weighted by molar-refractivity contribution is -0.113. The van der Waals surface area contributed by atoms with Crippen LogP contribution in [0.3, 0.4) is 0 Å². The Morgan fingerprint density at radius 2 is 2.04 bits per heavy atom. The summed E-state index contributed by atoms with van der Waals surface area (Å²) in [6.07, 6.45) is 0. The van der Waals surface area contributed by atoms with E-state index < -0.39 is 0 Å². The van der Waals surface area contributed by atoms with Gasteiger partial charge in [-0.3, -0.25) is 4.79 Å². The van der Waals surface area contributed by atoms with Gasteiger partial charge in [0.1, 0.15) is 12.4 Å². The van der Waals surface area contributed by atoms with Crippen LogP contribution in [0.25, 0.3) is 0 Å². The third kappa shape index (κ3) is 5.41. The first-order valence-corrected chi connectivity index (χ1v) is 10.1. The minimum atomic E-state index is -0.107. The van der Waals surface area contributed by atoms with E-state index in [1.165, 1.54) is 11.8 Å². The van der Waals surface area contributed by atoms with Gasteiger partial charge in [-0.25, -0.2) is 0 Å². The second-order valence-corrected chi connectivity index (χ2v) is 7.81. The molecule has 0 atom stereocenters. The molecule has 3 aromatic rings. The highest BCUT2D eigenvalue weighted by molar-refractivity contribution is 7.99. The minimum absolute atomic E-state index is 0.107. The first-order chi connectivity index (χ1) is 13.4. The summed E-state index contributed by atoms with van der Waals surface area (Å²) in [5, 5.41) is 12.7. The topological polar surface area (TPSA) is 69.0 Å². The third-order valence-electron chi connectivity index (χ3n) is 3.81. The summed E-state index contributed by atoms with van der Waals surface area (Å²) < 4.78 is 7.47. The Labute approximate surface area is 177 Å². The fraction of sp³-hybridized carbons (Fsp3) is 0.211. The molecule has 0 bridgehead atoms. The van der Waals surface area contributed by atoms with Gasteiger partial charge in [-0.1, -0.05) is 47.1 Å². The number of hydrogen-bond donors (Lipinski definition) is 1. The first-order valence-electron chi connectivity index (χ1n) is 8.38. The fourth-order valence-corrected chi connectivity index (χ4v) is 3.57. The molecular weight excluding hydrogens is 419 g/mol. The Kier molecular flexibility index (Phi) is 6.83. The zero-order valence-corrected chi connectivity index (χ0v) is 17.6. The van der Waals surface area contributed by atoms with E-state index in [1.54, 1.807) is 22.8 Å². The number of aromatic nitrogens is 3. The summed E-state index contributed by atoms with van der Waals surface area (Å²) in [5.41, 5.74) is 1.86. The van der Waals surface area contributed by atoms with Crippen molar-refractivity contribution >= 4 is 46.6 Å². The smallest absolute Gasteiger partial charge is 0.234 e. The first kappa shape index (κ1) is 20.5. The average Bonchev–Trinajstić information content (AvgIpc) is 2.99. The van der Waals surface area contributed by atoms with Gasteiger partial charge in [-0.15, -0.1) is 10.2 Å². The highest BCUT2D eigenvalue weighted by atomic mass is 35.5. The molecule has 1 aromatic heterocycles. The molecule has 6 nitrogen and oxygen atoms in total. The van der Waals surface area contributed by atoms with Crippen molar-refractivity contribution in [1.29, 1.82) is 0 Å². The van der Waals surface area contributed by atoms with Crippen LogP contribution >= 0.6 is 35.0 Å². The number of carbonyl (C=O) groups excluding carboxylic acids is 1. The van der Waals surface area contributed by atoms with Crippen molar-refractivity contribution in [3.8, 4) is 5.75 Å². The molecule has 0 radical (unpaired) electrons. The summed E-state index contributed by atoms with van der Waals surface area (Å²) in [5.74, 6) is 1.25. The standard InChI is InChI=1S/C19H18Cl2N4O2S/c1-12-4-3-5-14(8-12)22-18(26)11-28-19-24-23-17(25(19)2)10-27-16-7-6-13(20)9-15(16)21/h3-9H,10-11H2,1-2H3,(H,22,26). The van der Waals surface area contributed by atoms with Crippen LogP contribution in [0.5, 0.6) is 5.75 Å². The molecule has 0 unspecified atom stereocenters. The lowest BCUT2D eigenvalue weighted by Gasteiger charge is -2.08. The number of carbonyl (C=O) groups is 1. The molecule has 0 aliphatic heterocycles. The molecule has 0 saturated heterocycles. The number of hydrogen-bond acceptors (Lipinski definition) is 5. The van der Waals surface area contributed by atoms with Crippen LogP contribution in [0.4, 0.5) is 5.69 Å². The number of amides is 1. The maximum Gasteiger partial charge on any atom is 0.234 e. The number of ether oxygens (including phenoxy) is 1. The van der Waals surface area contributed by atoms with Crippen molar-refractivity contribution in [3.63, 3.8) is 0 Å². The van der Waals surface area contributed by atoms with Crippen LogP contribution in [-0.2, 0) is 18.4 Å². The van der Waals surface area contributed by atoms with Gasteiger partial charge in [0, 0.05) is 17.8 Å². The van der Waals surface area contributed by atoms with E-state index in [-0.39, 0.29) is 18.3 Å². The van der Waals surface area contributed by atoms with Crippen LogP contribution in [0.2, 0.25) is 10.0 Å². The number of thioether (sulfide) groups is 1. The SMILES string of the molecule is Cc1cccc(NC(=O)CSc2nnc(COc3ccc(Cl)cc3Cl)n2C)c1. The lowest BCUT2D eigenvalue weighted by atomic mass is 10.2. The van der Waals surface area contributed by atoms with Crippen LogP contribution in [0.15, 0.2) is 47.6 Å². The summed E-state index contributed by atoms with van der Waals surface area (Å²) >= 11 is 13.3. The van der Waals surface area contributed by atoms with Gasteiger partial charge in [-0.05, 0) is 42.8 Å². The van der Waals surface area contributed by atoms with Crippen molar-refractivity contribution < 1.29 is 9.53 Å². The highest BCUT2D eigenvalue weighted by Gasteiger charge is 2.13. The van der Waals surface area contributed by atoms with Crippen LogP contribution in [0, 0.1) is 6.92 Å². The zero-order valence-electron chi connectivity index (χ0n) is 15.3. The Morgan fingerprint density at radius 3 is 2.79 bits per heavy atom. The number of aryl methyl sites for hydroxylation is 1. The number of nitrogens with one attached hydrogen (secondary N) is 1. The molecule has 0 aliphatic rings. The second kappa shape index (κ2) is 9.32. The highest BCUT2D eigenvalue weighted by Crippen LogP contribution is 2.28. The quantitative estimate of drug-likeness (QED) is 0.541. The van der Waals surface area contributed by atoms with Gasteiger partial charge in [-0.2, -0.15) is 0 Å². The van der Waals surface area contributed by atoms with Crippen molar-refractivity contribution in [2.24, 2.45) is 7.05 Å². The Balaban J connectivity index is 1.54. The molecule has 1 amide bonds. The Bertz CT molecular complexity index is 994. The van der Waals surface area contributed by atoms with Gasteiger partial charge in [0.15, 0.2) is 11.0 Å². The molecule has 1 N–H and O–H groups in total. The Hall–Kier alpha value is -2.22. The van der Waals surface area contributed by atoms with Crippen molar-refractivity contribution in [3.05, 3.63) is 63.9 Å². The molecule has 0 fully saturated rings. The minimum Gasteiger partial charge on any atom is -0.484 e. The molecule has 2 aromatic carbocycles. The number of nitrogens with zero attached hydrogens (tertiary/aromatic N) is 3. The normalized spacial score (nSPS) is 10.7. The summed E-state index contributed by atoms with van der Waals surface area (Å²) in [4.78, 5) is 12.2. The molecule has 0 saturated carbocycles. The summed E-state index contributed by atoms with van der Waals surface area (Å²) in [6.45, 7) is 2.17. The Morgan fingerprint density at radius 1 is 1.21 bits per heavy atom. The lowest BCUT2D eigenvalue weighted by Crippen LogP contribution is -2.14. The van der Waals surface area contributed by atoms with Crippen LogP contribution < -0.4 is 10.1 Å². The van der Waals surface area contributed by atoms with E-state index in [0.29, 0.717) is 26.8 Å². The monoisotopic (exact) mass is 436 g/mol. The van der Waals surface area contributed by atoms with E-state index >= 15 is 0 Å². The van der Waals surface area contributed by atoms with Crippen LogP contribution in [-0.4, -0.2) is 26.4 Å².